The van der Waals surface area contributed by atoms with Gasteiger partial charge in [0.2, 0.25) is 5.95 Å². The Balaban J connectivity index is 1.54. The summed E-state index contributed by atoms with van der Waals surface area (Å²) in [7, 11) is 0. The summed E-state index contributed by atoms with van der Waals surface area (Å²) in [4.78, 5) is 22.7. The lowest BCUT2D eigenvalue weighted by Crippen LogP contribution is -2.42. The van der Waals surface area contributed by atoms with E-state index in [-0.39, 0.29) is 12.1 Å². The van der Waals surface area contributed by atoms with Crippen LogP contribution in [0.2, 0.25) is 0 Å². The highest BCUT2D eigenvalue weighted by atomic mass is 16.6. The molecule has 1 aromatic heterocycles. The number of likely N-dealkylation sites (tertiary alicyclic amines) is 1. The molecule has 1 amide bonds. The molecule has 1 aromatic rings. The first-order chi connectivity index (χ1) is 12.1. The second kappa shape index (κ2) is 8.36. The first-order valence-corrected chi connectivity index (χ1v) is 9.44. The Labute approximate surface area is 149 Å². The van der Waals surface area contributed by atoms with Crippen molar-refractivity contribution in [3.8, 4) is 0 Å². The van der Waals surface area contributed by atoms with Gasteiger partial charge < -0.3 is 20.3 Å². The van der Waals surface area contributed by atoms with Crippen LogP contribution >= 0.6 is 0 Å². The lowest BCUT2D eigenvalue weighted by Gasteiger charge is -2.31. The van der Waals surface area contributed by atoms with Gasteiger partial charge in [0, 0.05) is 36.9 Å². The van der Waals surface area contributed by atoms with Gasteiger partial charge in [-0.05, 0) is 39.5 Å². The molecule has 7 nitrogen and oxygen atoms in total. The van der Waals surface area contributed by atoms with E-state index in [9.17, 15) is 4.79 Å². The molecule has 2 aliphatic rings. The first kappa shape index (κ1) is 17.8. The van der Waals surface area contributed by atoms with Crippen LogP contribution in [0.3, 0.4) is 0 Å². The van der Waals surface area contributed by atoms with Gasteiger partial charge in [-0.3, -0.25) is 0 Å². The third-order valence-electron chi connectivity index (χ3n) is 4.92. The van der Waals surface area contributed by atoms with Gasteiger partial charge in [0.05, 0.1) is 6.61 Å². The molecule has 0 spiro atoms. The Morgan fingerprint density at radius 1 is 1.16 bits per heavy atom. The number of hydrogen-bond acceptors (Lipinski definition) is 6. The lowest BCUT2D eigenvalue weighted by atomic mass is 10.1. The van der Waals surface area contributed by atoms with Gasteiger partial charge in [0.25, 0.3) is 0 Å². The van der Waals surface area contributed by atoms with Crippen LogP contribution < -0.4 is 10.6 Å². The molecule has 138 valence electrons. The Morgan fingerprint density at radius 3 is 2.52 bits per heavy atom. The Hall–Kier alpha value is -2.05. The van der Waals surface area contributed by atoms with Crippen LogP contribution in [-0.4, -0.2) is 52.7 Å². The van der Waals surface area contributed by atoms with E-state index in [1.165, 1.54) is 25.7 Å². The fourth-order valence-corrected chi connectivity index (χ4v) is 3.59. The lowest BCUT2D eigenvalue weighted by molar-refractivity contribution is 0.0983. The van der Waals surface area contributed by atoms with Crippen LogP contribution in [0, 0.1) is 6.92 Å². The molecular weight excluding hydrogens is 318 g/mol. The number of hydrogen-bond donors (Lipinski definition) is 2. The second-order valence-electron chi connectivity index (χ2n) is 6.95. The predicted octanol–water partition coefficient (Wildman–Crippen LogP) is 3.17. The van der Waals surface area contributed by atoms with Crippen molar-refractivity contribution in [3.05, 3.63) is 11.8 Å². The zero-order valence-corrected chi connectivity index (χ0v) is 15.3. The van der Waals surface area contributed by atoms with Gasteiger partial charge in [-0.15, -0.1) is 0 Å². The van der Waals surface area contributed by atoms with Crippen LogP contribution in [-0.2, 0) is 4.74 Å². The van der Waals surface area contributed by atoms with Gasteiger partial charge in [0.15, 0.2) is 0 Å². The molecule has 1 aliphatic heterocycles. The molecule has 0 atom stereocenters. The Morgan fingerprint density at radius 2 is 1.84 bits per heavy atom. The van der Waals surface area contributed by atoms with Gasteiger partial charge >= 0.3 is 6.09 Å². The zero-order valence-electron chi connectivity index (χ0n) is 15.3. The minimum atomic E-state index is -0.212. The number of aromatic nitrogens is 2. The standard InChI is InChI=1S/C18H29N5O2/c1-3-25-18(24)23-10-8-15(9-11-23)21-17-19-13(2)12-16(22-17)20-14-6-4-5-7-14/h12,14-15H,3-11H2,1-2H3,(H2,19,20,21,22). The van der Waals surface area contributed by atoms with Crippen molar-refractivity contribution in [2.75, 3.05) is 30.3 Å². The van der Waals surface area contributed by atoms with Crippen LogP contribution in [0.5, 0.6) is 0 Å². The smallest absolute Gasteiger partial charge is 0.409 e. The zero-order chi connectivity index (χ0) is 17.6. The number of ether oxygens (including phenoxy) is 1. The number of amides is 1. The van der Waals surface area contributed by atoms with Crippen molar-refractivity contribution in [1.82, 2.24) is 14.9 Å². The van der Waals surface area contributed by atoms with Crippen molar-refractivity contribution in [2.45, 2.75) is 64.5 Å². The maximum atomic E-state index is 11.8. The SMILES string of the molecule is CCOC(=O)N1CCC(Nc2nc(C)cc(NC3CCCC3)n2)CC1. The number of nitrogens with one attached hydrogen (secondary N) is 2. The molecule has 1 saturated heterocycles. The van der Waals surface area contributed by atoms with E-state index in [2.05, 4.69) is 20.6 Å². The largest absolute Gasteiger partial charge is 0.450 e. The summed E-state index contributed by atoms with van der Waals surface area (Å²) >= 11 is 0. The molecule has 0 aromatic carbocycles. The number of rotatable bonds is 5. The fourth-order valence-electron chi connectivity index (χ4n) is 3.59. The summed E-state index contributed by atoms with van der Waals surface area (Å²) < 4.78 is 5.06. The quantitative estimate of drug-likeness (QED) is 0.852. The van der Waals surface area contributed by atoms with Crippen molar-refractivity contribution < 1.29 is 9.53 Å². The third-order valence-corrected chi connectivity index (χ3v) is 4.92. The molecule has 1 aliphatic carbocycles. The number of carbonyl (C=O) groups is 1. The number of aryl methyl sites for hydroxylation is 1. The first-order valence-electron chi connectivity index (χ1n) is 9.44. The highest BCUT2D eigenvalue weighted by Gasteiger charge is 2.24. The molecular formula is C18H29N5O2. The maximum Gasteiger partial charge on any atom is 0.409 e. The average molecular weight is 347 g/mol. The topological polar surface area (TPSA) is 79.4 Å². The Bertz CT molecular complexity index is 581. The minimum Gasteiger partial charge on any atom is -0.450 e. The molecule has 2 fully saturated rings. The molecule has 0 radical (unpaired) electrons. The summed E-state index contributed by atoms with van der Waals surface area (Å²) in [5, 5.41) is 6.97. The summed E-state index contributed by atoms with van der Waals surface area (Å²) in [5.74, 6) is 1.58. The van der Waals surface area contributed by atoms with Crippen molar-refractivity contribution >= 4 is 17.9 Å². The molecule has 3 rings (SSSR count). The number of piperidine rings is 1. The third kappa shape index (κ3) is 4.96. The molecule has 2 N–H and O–H groups in total. The van der Waals surface area contributed by atoms with E-state index in [0.717, 1.165) is 24.4 Å². The van der Waals surface area contributed by atoms with Crippen molar-refractivity contribution in [1.29, 1.82) is 0 Å². The molecule has 1 saturated carbocycles. The number of anilines is 2. The Kier molecular flexibility index (Phi) is 5.94. The highest BCUT2D eigenvalue weighted by Crippen LogP contribution is 2.23. The molecule has 0 bridgehead atoms. The van der Waals surface area contributed by atoms with Crippen LogP contribution in [0.15, 0.2) is 6.07 Å². The monoisotopic (exact) mass is 347 g/mol. The van der Waals surface area contributed by atoms with E-state index in [1.54, 1.807) is 4.90 Å². The molecule has 2 heterocycles. The summed E-state index contributed by atoms with van der Waals surface area (Å²) in [5.41, 5.74) is 0.960. The van der Waals surface area contributed by atoms with Gasteiger partial charge in [-0.25, -0.2) is 9.78 Å². The molecule has 7 heteroatoms. The summed E-state index contributed by atoms with van der Waals surface area (Å²) in [6, 6.07) is 2.83. The summed E-state index contributed by atoms with van der Waals surface area (Å²) in [6.45, 7) is 5.66. The second-order valence-corrected chi connectivity index (χ2v) is 6.95. The number of nitrogens with zero attached hydrogens (tertiary/aromatic N) is 3. The van der Waals surface area contributed by atoms with Crippen LogP contribution in [0.25, 0.3) is 0 Å². The predicted molar refractivity (Wildman–Crippen MR) is 97.9 cm³/mol. The molecule has 25 heavy (non-hydrogen) atoms. The normalized spacial score (nSPS) is 19.0. The maximum absolute atomic E-state index is 11.8. The van der Waals surface area contributed by atoms with Gasteiger partial charge in [-0.2, -0.15) is 4.98 Å². The highest BCUT2D eigenvalue weighted by molar-refractivity contribution is 5.67. The van der Waals surface area contributed by atoms with E-state index in [4.69, 9.17) is 4.74 Å². The van der Waals surface area contributed by atoms with E-state index in [0.29, 0.717) is 31.7 Å². The van der Waals surface area contributed by atoms with E-state index < -0.39 is 0 Å². The summed E-state index contributed by atoms with van der Waals surface area (Å²) in [6.07, 6.45) is 6.58. The fraction of sp³-hybridized carbons (Fsp3) is 0.722. The van der Waals surface area contributed by atoms with Gasteiger partial charge in [-0.1, -0.05) is 12.8 Å². The average Bonchev–Trinajstić information content (AvgIpc) is 3.08. The number of carbonyl (C=O) groups excluding carboxylic acids is 1. The van der Waals surface area contributed by atoms with Crippen molar-refractivity contribution in [3.63, 3.8) is 0 Å². The van der Waals surface area contributed by atoms with E-state index in [1.807, 2.05) is 19.9 Å². The van der Waals surface area contributed by atoms with Crippen LogP contribution in [0.4, 0.5) is 16.6 Å². The van der Waals surface area contributed by atoms with Crippen LogP contribution in [0.1, 0.15) is 51.1 Å². The minimum absolute atomic E-state index is 0.212. The molecule has 0 unspecified atom stereocenters. The van der Waals surface area contributed by atoms with Gasteiger partial charge in [0.1, 0.15) is 5.82 Å². The van der Waals surface area contributed by atoms with E-state index >= 15 is 0 Å². The van der Waals surface area contributed by atoms with Crippen molar-refractivity contribution in [2.24, 2.45) is 0 Å².